The minimum atomic E-state index is -0.387. The molecule has 116 valence electrons. The van der Waals surface area contributed by atoms with Crippen LogP contribution in [0.4, 0.5) is 4.39 Å². The SMILES string of the molecule is COc1c(-c2ccccc2)ccc(Br)c1-c1ccc(Cl)cc1F. The van der Waals surface area contributed by atoms with E-state index in [9.17, 15) is 4.39 Å². The Morgan fingerprint density at radius 2 is 1.65 bits per heavy atom. The van der Waals surface area contributed by atoms with E-state index in [0.29, 0.717) is 21.9 Å². The van der Waals surface area contributed by atoms with Crippen LogP contribution in [0.25, 0.3) is 22.3 Å². The van der Waals surface area contributed by atoms with Crippen molar-refractivity contribution in [2.45, 2.75) is 0 Å². The van der Waals surface area contributed by atoms with E-state index in [-0.39, 0.29) is 5.82 Å². The Morgan fingerprint density at radius 3 is 2.30 bits per heavy atom. The Morgan fingerprint density at radius 1 is 0.957 bits per heavy atom. The van der Waals surface area contributed by atoms with Gasteiger partial charge in [0.05, 0.1) is 7.11 Å². The second-order valence-electron chi connectivity index (χ2n) is 4.99. The number of ether oxygens (including phenoxy) is 1. The molecule has 0 saturated carbocycles. The lowest BCUT2D eigenvalue weighted by molar-refractivity contribution is 0.417. The average Bonchev–Trinajstić information content (AvgIpc) is 2.56. The molecule has 0 aliphatic rings. The predicted molar refractivity (Wildman–Crippen MR) is 96.5 cm³/mol. The second kappa shape index (κ2) is 6.73. The Kier molecular flexibility index (Phi) is 4.69. The molecule has 0 aliphatic heterocycles. The topological polar surface area (TPSA) is 9.23 Å². The van der Waals surface area contributed by atoms with Crippen molar-refractivity contribution in [2.24, 2.45) is 0 Å². The zero-order chi connectivity index (χ0) is 16.4. The molecule has 0 unspecified atom stereocenters. The van der Waals surface area contributed by atoms with E-state index < -0.39 is 0 Å². The average molecular weight is 392 g/mol. The molecule has 0 spiro atoms. The molecular weight excluding hydrogens is 379 g/mol. The summed E-state index contributed by atoms with van der Waals surface area (Å²) >= 11 is 9.37. The lowest BCUT2D eigenvalue weighted by Gasteiger charge is -2.16. The Hall–Kier alpha value is -1.84. The molecule has 0 amide bonds. The van der Waals surface area contributed by atoms with Gasteiger partial charge in [-0.15, -0.1) is 0 Å². The molecule has 1 nitrogen and oxygen atoms in total. The standard InChI is InChI=1S/C19H13BrClFO/c1-23-19-14(12-5-3-2-4-6-12)9-10-16(20)18(19)15-8-7-13(21)11-17(15)22/h2-11H,1H3. The molecule has 0 atom stereocenters. The minimum absolute atomic E-state index is 0.362. The van der Waals surface area contributed by atoms with Crippen molar-refractivity contribution in [3.63, 3.8) is 0 Å². The van der Waals surface area contributed by atoms with E-state index >= 15 is 0 Å². The van der Waals surface area contributed by atoms with Crippen LogP contribution in [0.2, 0.25) is 5.02 Å². The van der Waals surface area contributed by atoms with Gasteiger partial charge in [-0.2, -0.15) is 0 Å². The first kappa shape index (κ1) is 16.0. The molecule has 4 heteroatoms. The molecule has 0 radical (unpaired) electrons. The lowest BCUT2D eigenvalue weighted by atomic mass is 9.97. The number of hydrogen-bond donors (Lipinski definition) is 0. The predicted octanol–water partition coefficient (Wildman–Crippen LogP) is 6.58. The fourth-order valence-corrected chi connectivity index (χ4v) is 3.24. The van der Waals surface area contributed by atoms with Gasteiger partial charge in [0.15, 0.2) is 0 Å². The maximum atomic E-state index is 14.4. The monoisotopic (exact) mass is 390 g/mol. The second-order valence-corrected chi connectivity index (χ2v) is 6.28. The summed E-state index contributed by atoms with van der Waals surface area (Å²) in [5.41, 5.74) is 3.02. The van der Waals surface area contributed by atoms with Crippen molar-refractivity contribution in [2.75, 3.05) is 7.11 Å². The molecule has 0 bridgehead atoms. The van der Waals surface area contributed by atoms with Gasteiger partial charge >= 0.3 is 0 Å². The van der Waals surface area contributed by atoms with Gasteiger partial charge in [0, 0.05) is 26.2 Å². The highest BCUT2D eigenvalue weighted by Crippen LogP contribution is 2.44. The van der Waals surface area contributed by atoms with E-state index in [2.05, 4.69) is 15.9 Å². The fraction of sp³-hybridized carbons (Fsp3) is 0.0526. The third-order valence-corrected chi connectivity index (χ3v) is 4.49. The molecule has 0 saturated heterocycles. The summed E-state index contributed by atoms with van der Waals surface area (Å²) in [4.78, 5) is 0. The number of halogens is 3. The van der Waals surface area contributed by atoms with Crippen LogP contribution < -0.4 is 4.74 Å². The molecule has 0 aliphatic carbocycles. The first-order valence-electron chi connectivity index (χ1n) is 6.99. The maximum absolute atomic E-state index is 14.4. The van der Waals surface area contributed by atoms with Crippen molar-refractivity contribution < 1.29 is 9.13 Å². The summed E-state index contributed by atoms with van der Waals surface area (Å²) in [7, 11) is 1.59. The Bertz CT molecular complexity index is 849. The number of hydrogen-bond acceptors (Lipinski definition) is 1. The lowest BCUT2D eigenvalue weighted by Crippen LogP contribution is -1.95. The van der Waals surface area contributed by atoms with Crippen LogP contribution in [0, 0.1) is 5.82 Å². The van der Waals surface area contributed by atoms with E-state index in [1.165, 1.54) is 6.07 Å². The van der Waals surface area contributed by atoms with Crippen molar-refractivity contribution in [3.05, 3.63) is 76.0 Å². The molecule has 0 fully saturated rings. The molecule has 3 aromatic carbocycles. The highest BCUT2D eigenvalue weighted by atomic mass is 79.9. The maximum Gasteiger partial charge on any atom is 0.135 e. The van der Waals surface area contributed by atoms with Crippen molar-refractivity contribution in [1.82, 2.24) is 0 Å². The van der Waals surface area contributed by atoms with E-state index in [0.717, 1.165) is 15.6 Å². The largest absolute Gasteiger partial charge is 0.495 e. The van der Waals surface area contributed by atoms with Gasteiger partial charge < -0.3 is 4.74 Å². The summed E-state index contributed by atoms with van der Waals surface area (Å²) in [6.45, 7) is 0. The van der Waals surface area contributed by atoms with E-state index in [1.54, 1.807) is 19.2 Å². The Labute approximate surface area is 147 Å². The van der Waals surface area contributed by atoms with Crippen LogP contribution in [0.5, 0.6) is 5.75 Å². The quantitative estimate of drug-likeness (QED) is 0.490. The molecule has 3 aromatic rings. The summed E-state index contributed by atoms with van der Waals surface area (Å²) in [6, 6.07) is 18.3. The molecular formula is C19H13BrClFO. The van der Waals surface area contributed by atoms with Gasteiger partial charge in [0.2, 0.25) is 0 Å². The fourth-order valence-electron chi connectivity index (χ4n) is 2.56. The van der Waals surface area contributed by atoms with Crippen LogP contribution in [0.15, 0.2) is 65.1 Å². The zero-order valence-electron chi connectivity index (χ0n) is 12.3. The van der Waals surface area contributed by atoms with Crippen molar-refractivity contribution in [1.29, 1.82) is 0 Å². The molecule has 0 aromatic heterocycles. The third kappa shape index (κ3) is 3.12. The normalized spacial score (nSPS) is 10.6. The van der Waals surface area contributed by atoms with Crippen LogP contribution in [-0.4, -0.2) is 7.11 Å². The summed E-state index contributed by atoms with van der Waals surface area (Å²) in [5.74, 6) is 0.230. The van der Waals surface area contributed by atoms with Crippen LogP contribution >= 0.6 is 27.5 Å². The highest BCUT2D eigenvalue weighted by molar-refractivity contribution is 9.10. The molecule has 0 heterocycles. The minimum Gasteiger partial charge on any atom is -0.495 e. The van der Waals surface area contributed by atoms with Gasteiger partial charge in [0.25, 0.3) is 0 Å². The smallest absolute Gasteiger partial charge is 0.135 e. The van der Waals surface area contributed by atoms with Gasteiger partial charge in [-0.1, -0.05) is 57.9 Å². The van der Waals surface area contributed by atoms with Gasteiger partial charge in [-0.05, 0) is 35.9 Å². The van der Waals surface area contributed by atoms with Crippen LogP contribution in [0.1, 0.15) is 0 Å². The molecule has 3 rings (SSSR count). The van der Waals surface area contributed by atoms with Gasteiger partial charge in [0.1, 0.15) is 11.6 Å². The van der Waals surface area contributed by atoms with Gasteiger partial charge in [-0.3, -0.25) is 0 Å². The van der Waals surface area contributed by atoms with Crippen molar-refractivity contribution in [3.8, 4) is 28.0 Å². The first-order valence-corrected chi connectivity index (χ1v) is 8.16. The number of benzene rings is 3. The summed E-state index contributed by atoms with van der Waals surface area (Å²) in [5, 5.41) is 0.362. The number of rotatable bonds is 3. The summed E-state index contributed by atoms with van der Waals surface area (Å²) < 4.78 is 20.8. The van der Waals surface area contributed by atoms with Crippen LogP contribution in [0.3, 0.4) is 0 Å². The Balaban J connectivity index is 2.28. The van der Waals surface area contributed by atoms with Crippen LogP contribution in [-0.2, 0) is 0 Å². The van der Waals surface area contributed by atoms with Crippen molar-refractivity contribution >= 4 is 27.5 Å². The number of methoxy groups -OCH3 is 1. The zero-order valence-corrected chi connectivity index (χ0v) is 14.7. The highest BCUT2D eigenvalue weighted by Gasteiger charge is 2.18. The van der Waals surface area contributed by atoms with Gasteiger partial charge in [-0.25, -0.2) is 4.39 Å². The molecule has 0 N–H and O–H groups in total. The molecule has 23 heavy (non-hydrogen) atoms. The van der Waals surface area contributed by atoms with E-state index in [4.69, 9.17) is 16.3 Å². The first-order chi connectivity index (χ1) is 11.1. The van der Waals surface area contributed by atoms with E-state index in [1.807, 2.05) is 42.5 Å². The third-order valence-electron chi connectivity index (χ3n) is 3.60. The summed E-state index contributed by atoms with van der Waals surface area (Å²) in [6.07, 6.45) is 0.